The maximum Gasteiger partial charge on any atom is 0.165 e. The van der Waals surface area contributed by atoms with Crippen molar-refractivity contribution < 1.29 is 13.5 Å². The predicted octanol–water partition coefficient (Wildman–Crippen LogP) is 1.80. The average Bonchev–Trinajstić information content (AvgIpc) is 2.20. The lowest BCUT2D eigenvalue weighted by atomic mass is 10.1. The summed E-state index contributed by atoms with van der Waals surface area (Å²) in [6, 6.07) is 2.17. The van der Waals surface area contributed by atoms with Crippen molar-refractivity contribution in [2.24, 2.45) is 5.73 Å². The molecule has 0 aromatic heterocycles. The normalized spacial score (nSPS) is 11.6. The van der Waals surface area contributed by atoms with E-state index in [9.17, 15) is 8.78 Å². The smallest absolute Gasteiger partial charge is 0.165 e. The number of ether oxygens (including phenoxy) is 1. The number of nitrogens with two attached hydrogens (primary N) is 1. The zero-order valence-electron chi connectivity index (χ0n) is 10.3. The lowest BCUT2D eigenvalue weighted by Gasteiger charge is -2.19. The van der Waals surface area contributed by atoms with Gasteiger partial charge in [-0.15, -0.1) is 0 Å². The molecule has 1 aromatic carbocycles. The highest BCUT2D eigenvalue weighted by Gasteiger charge is 2.12. The number of benzene rings is 1. The van der Waals surface area contributed by atoms with E-state index in [-0.39, 0.29) is 23.4 Å². The molecule has 0 fully saturated rings. The minimum atomic E-state index is -0.572. The van der Waals surface area contributed by atoms with Crippen molar-refractivity contribution >= 4 is 0 Å². The number of rotatable bonds is 5. The number of nitrogens with one attached hydrogen (secondary N) is 1. The molecular formula is C12H18F2N2O. The fourth-order valence-electron chi connectivity index (χ4n) is 1.38. The molecule has 0 atom stereocenters. The zero-order chi connectivity index (χ0) is 13.1. The van der Waals surface area contributed by atoms with Crippen LogP contribution in [0.3, 0.4) is 0 Å². The Morgan fingerprint density at radius 3 is 2.47 bits per heavy atom. The quantitative estimate of drug-likeness (QED) is 0.830. The third-order valence-electron chi connectivity index (χ3n) is 2.22. The van der Waals surface area contributed by atoms with E-state index >= 15 is 0 Å². The Morgan fingerprint density at radius 1 is 1.29 bits per heavy atom. The van der Waals surface area contributed by atoms with Gasteiger partial charge in [-0.2, -0.15) is 0 Å². The molecule has 3 nitrogen and oxygen atoms in total. The Bertz CT molecular complexity index is 389. The first-order valence-electron chi connectivity index (χ1n) is 5.35. The van der Waals surface area contributed by atoms with Gasteiger partial charge >= 0.3 is 0 Å². The summed E-state index contributed by atoms with van der Waals surface area (Å²) >= 11 is 0. The summed E-state index contributed by atoms with van der Waals surface area (Å²) in [6.45, 7) is 4.45. The SMILES string of the molecule is COc1cc(F)c(CNCC(C)(C)N)cc1F. The van der Waals surface area contributed by atoms with E-state index in [0.717, 1.165) is 12.1 Å². The van der Waals surface area contributed by atoms with Crippen molar-refractivity contribution in [3.05, 3.63) is 29.3 Å². The Kier molecular flexibility index (Phi) is 4.42. The van der Waals surface area contributed by atoms with E-state index in [1.807, 2.05) is 13.8 Å². The summed E-state index contributed by atoms with van der Waals surface area (Å²) in [5.41, 5.74) is 5.63. The Hall–Kier alpha value is -1.20. The summed E-state index contributed by atoms with van der Waals surface area (Å²) in [4.78, 5) is 0. The maximum absolute atomic E-state index is 13.5. The van der Waals surface area contributed by atoms with Crippen molar-refractivity contribution in [3.63, 3.8) is 0 Å². The van der Waals surface area contributed by atoms with Gasteiger partial charge in [0.1, 0.15) is 5.82 Å². The van der Waals surface area contributed by atoms with Crippen molar-refractivity contribution in [3.8, 4) is 5.75 Å². The van der Waals surface area contributed by atoms with Crippen molar-refractivity contribution in [1.82, 2.24) is 5.32 Å². The van der Waals surface area contributed by atoms with Gasteiger partial charge in [-0.1, -0.05) is 0 Å². The van der Waals surface area contributed by atoms with Gasteiger partial charge in [0, 0.05) is 30.3 Å². The van der Waals surface area contributed by atoms with Gasteiger partial charge in [0.15, 0.2) is 11.6 Å². The second kappa shape index (κ2) is 5.42. The van der Waals surface area contributed by atoms with Crippen molar-refractivity contribution in [2.45, 2.75) is 25.9 Å². The lowest BCUT2D eigenvalue weighted by molar-refractivity contribution is 0.381. The molecule has 1 aromatic rings. The summed E-state index contributed by atoms with van der Waals surface area (Å²) in [6.07, 6.45) is 0. The molecule has 0 aliphatic heterocycles. The third kappa shape index (κ3) is 4.28. The van der Waals surface area contributed by atoms with Crippen molar-refractivity contribution in [2.75, 3.05) is 13.7 Å². The minimum absolute atomic E-state index is 0.0922. The van der Waals surface area contributed by atoms with Crippen LogP contribution in [0.4, 0.5) is 8.78 Å². The summed E-state index contributed by atoms with van der Waals surface area (Å²) in [7, 11) is 1.30. The molecule has 0 aliphatic carbocycles. The van der Waals surface area contributed by atoms with Crippen LogP contribution in [0.2, 0.25) is 0 Å². The molecule has 0 unspecified atom stereocenters. The predicted molar refractivity (Wildman–Crippen MR) is 62.9 cm³/mol. The molecule has 96 valence electrons. The summed E-state index contributed by atoms with van der Waals surface area (Å²) in [5.74, 6) is -1.16. The van der Waals surface area contributed by atoms with E-state index in [2.05, 4.69) is 10.1 Å². The molecular weight excluding hydrogens is 226 g/mol. The van der Waals surface area contributed by atoms with E-state index in [0.29, 0.717) is 6.54 Å². The van der Waals surface area contributed by atoms with Crippen LogP contribution in [-0.2, 0) is 6.54 Å². The van der Waals surface area contributed by atoms with Gasteiger partial charge < -0.3 is 15.8 Å². The second-order valence-electron chi connectivity index (χ2n) is 4.67. The van der Waals surface area contributed by atoms with Crippen molar-refractivity contribution in [1.29, 1.82) is 0 Å². The zero-order valence-corrected chi connectivity index (χ0v) is 10.3. The molecule has 17 heavy (non-hydrogen) atoms. The maximum atomic E-state index is 13.5. The molecule has 0 saturated heterocycles. The van der Waals surface area contributed by atoms with Crippen LogP contribution in [-0.4, -0.2) is 19.2 Å². The molecule has 1 rings (SSSR count). The van der Waals surface area contributed by atoms with E-state index < -0.39 is 11.6 Å². The molecule has 0 saturated carbocycles. The fourth-order valence-corrected chi connectivity index (χ4v) is 1.38. The number of methoxy groups -OCH3 is 1. The molecule has 0 spiro atoms. The molecule has 0 aliphatic rings. The fraction of sp³-hybridized carbons (Fsp3) is 0.500. The first kappa shape index (κ1) is 13.9. The standard InChI is InChI=1S/C12H18F2N2O/c1-12(2,15)7-16-6-8-4-10(14)11(17-3)5-9(8)13/h4-5,16H,6-7,15H2,1-3H3. The molecule has 3 N–H and O–H groups in total. The highest BCUT2D eigenvalue weighted by molar-refractivity contribution is 5.30. The van der Waals surface area contributed by atoms with Crippen LogP contribution in [0.25, 0.3) is 0 Å². The first-order valence-corrected chi connectivity index (χ1v) is 5.35. The molecule has 0 heterocycles. The van der Waals surface area contributed by atoms with Gasteiger partial charge in [0.25, 0.3) is 0 Å². The van der Waals surface area contributed by atoms with Crippen LogP contribution in [0.5, 0.6) is 5.75 Å². The average molecular weight is 244 g/mol. The second-order valence-corrected chi connectivity index (χ2v) is 4.67. The molecule has 0 amide bonds. The summed E-state index contributed by atoms with van der Waals surface area (Å²) < 4.78 is 31.6. The molecule has 5 heteroatoms. The topological polar surface area (TPSA) is 47.3 Å². The van der Waals surface area contributed by atoms with Crippen LogP contribution in [0.15, 0.2) is 12.1 Å². The number of halogens is 2. The van der Waals surface area contributed by atoms with Gasteiger partial charge in [-0.05, 0) is 19.9 Å². The molecule has 0 radical (unpaired) electrons. The number of hydrogen-bond donors (Lipinski definition) is 2. The van der Waals surface area contributed by atoms with E-state index in [4.69, 9.17) is 5.73 Å². The van der Waals surface area contributed by atoms with Gasteiger partial charge in [-0.25, -0.2) is 8.78 Å². The van der Waals surface area contributed by atoms with E-state index in [1.54, 1.807) is 0 Å². The van der Waals surface area contributed by atoms with E-state index in [1.165, 1.54) is 7.11 Å². The van der Waals surface area contributed by atoms with Gasteiger partial charge in [-0.3, -0.25) is 0 Å². The number of hydrogen-bond acceptors (Lipinski definition) is 3. The summed E-state index contributed by atoms with van der Waals surface area (Å²) in [5, 5.41) is 2.97. The van der Waals surface area contributed by atoms with Gasteiger partial charge in [0.05, 0.1) is 7.11 Å². The Balaban J connectivity index is 2.69. The highest BCUT2D eigenvalue weighted by Crippen LogP contribution is 2.21. The van der Waals surface area contributed by atoms with Gasteiger partial charge in [0.2, 0.25) is 0 Å². The van der Waals surface area contributed by atoms with Crippen LogP contribution in [0.1, 0.15) is 19.4 Å². The Morgan fingerprint density at radius 2 is 1.94 bits per heavy atom. The first-order chi connectivity index (χ1) is 7.83. The minimum Gasteiger partial charge on any atom is -0.494 e. The molecule has 0 bridgehead atoms. The monoisotopic (exact) mass is 244 g/mol. The largest absolute Gasteiger partial charge is 0.494 e. The van der Waals surface area contributed by atoms with Crippen LogP contribution < -0.4 is 15.8 Å². The third-order valence-corrected chi connectivity index (χ3v) is 2.22. The Labute approximate surface area is 100.0 Å². The highest BCUT2D eigenvalue weighted by atomic mass is 19.1. The van der Waals surface area contributed by atoms with Crippen LogP contribution in [0, 0.1) is 11.6 Å². The van der Waals surface area contributed by atoms with Crippen LogP contribution >= 0.6 is 0 Å². The lowest BCUT2D eigenvalue weighted by Crippen LogP contribution is -2.42.